The number of benzene rings is 8. The molecule has 0 aliphatic carbocycles. The number of hydrogen-bond donors (Lipinski definition) is 0. The number of nitrogens with zero attached hydrogens (tertiary/aromatic N) is 3. The monoisotopic (exact) mass is 628 g/mol. The summed E-state index contributed by atoms with van der Waals surface area (Å²) in [7, 11) is 0. The second-order valence-corrected chi connectivity index (χ2v) is 12.2. The summed E-state index contributed by atoms with van der Waals surface area (Å²) in [6.07, 6.45) is 0. The van der Waals surface area contributed by atoms with Gasteiger partial charge >= 0.3 is 0 Å². The van der Waals surface area contributed by atoms with Crippen LogP contribution in [0.2, 0.25) is 0 Å². The van der Waals surface area contributed by atoms with Gasteiger partial charge in [-0.15, -0.1) is 0 Å². The van der Waals surface area contributed by atoms with E-state index in [0.717, 1.165) is 49.7 Å². The molecule has 0 saturated carbocycles. The highest BCUT2D eigenvalue weighted by Gasteiger charge is 2.19. The van der Waals surface area contributed by atoms with Gasteiger partial charge in [0.05, 0.1) is 34.8 Å². The van der Waals surface area contributed by atoms with Crippen LogP contribution in [-0.2, 0) is 0 Å². The van der Waals surface area contributed by atoms with Gasteiger partial charge in [-0.2, -0.15) is 0 Å². The minimum absolute atomic E-state index is 0.137. The third kappa shape index (κ3) is 4.44. The molecule has 0 aliphatic heterocycles. The van der Waals surface area contributed by atoms with E-state index in [0.29, 0.717) is 16.9 Å². The van der Waals surface area contributed by atoms with Gasteiger partial charge in [0, 0.05) is 32.7 Å². The van der Waals surface area contributed by atoms with Crippen molar-refractivity contribution < 1.29 is 6.85 Å². The molecule has 0 amide bonds. The molecule has 0 N–H and O–H groups in total. The number of fused-ring (bicyclic) bond motifs is 6. The van der Waals surface area contributed by atoms with Gasteiger partial charge < -0.3 is 4.57 Å². The molecule has 228 valence electrons. The van der Waals surface area contributed by atoms with Crippen molar-refractivity contribution in [2.75, 3.05) is 0 Å². The lowest BCUT2D eigenvalue weighted by atomic mass is 9.99. The highest BCUT2D eigenvalue weighted by molar-refractivity contribution is 6.15. The molecule has 2 heterocycles. The number of hydrogen-bond acceptors (Lipinski definition) is 2. The zero-order chi connectivity index (χ0) is 36.7. The topological polar surface area (TPSA) is 30.7 Å². The molecule has 0 spiro atoms. The number of para-hydroxylation sites is 1. The van der Waals surface area contributed by atoms with E-state index in [4.69, 9.17) is 16.8 Å². The van der Waals surface area contributed by atoms with Gasteiger partial charge in [-0.25, -0.2) is 9.97 Å². The molecule has 0 fully saturated rings. The van der Waals surface area contributed by atoms with Crippen molar-refractivity contribution in [3.8, 4) is 39.5 Å². The van der Waals surface area contributed by atoms with E-state index in [-0.39, 0.29) is 29.7 Å². The Labute approximate surface area is 290 Å². The maximum absolute atomic E-state index is 8.64. The summed E-state index contributed by atoms with van der Waals surface area (Å²) >= 11 is 0. The van der Waals surface area contributed by atoms with Gasteiger partial charge in [-0.3, -0.25) is 0 Å². The first-order valence-electron chi connectivity index (χ1n) is 18.8. The van der Waals surface area contributed by atoms with Crippen LogP contribution in [0.25, 0.3) is 93.7 Å². The Hall–Kier alpha value is -6.58. The summed E-state index contributed by atoms with van der Waals surface area (Å²) in [4.78, 5) is 10.4. The maximum Gasteiger partial charge on any atom is 0.161 e. The molecule has 0 atom stereocenters. The smallest absolute Gasteiger partial charge is 0.161 e. The van der Waals surface area contributed by atoms with E-state index in [1.54, 1.807) is 12.1 Å². The van der Waals surface area contributed by atoms with Gasteiger partial charge in [0.15, 0.2) is 5.82 Å². The Bertz CT molecular complexity index is 3140. The van der Waals surface area contributed by atoms with Crippen LogP contribution >= 0.6 is 0 Å². The van der Waals surface area contributed by atoms with Crippen molar-refractivity contribution in [2.24, 2.45) is 0 Å². The molecule has 2 aromatic heterocycles. The van der Waals surface area contributed by atoms with E-state index < -0.39 is 6.04 Å². The minimum Gasteiger partial charge on any atom is -0.309 e. The van der Waals surface area contributed by atoms with E-state index in [1.165, 1.54) is 21.5 Å². The Balaban J connectivity index is 1.23. The summed E-state index contributed by atoms with van der Waals surface area (Å²) in [6.45, 7) is 0. The van der Waals surface area contributed by atoms with E-state index in [9.17, 15) is 0 Å². The normalized spacial score (nSPS) is 13.1. The van der Waals surface area contributed by atoms with Crippen LogP contribution in [0, 0.1) is 0 Å². The molecule has 0 saturated heterocycles. The largest absolute Gasteiger partial charge is 0.309 e. The molecule has 3 heteroatoms. The van der Waals surface area contributed by atoms with Crippen molar-refractivity contribution in [2.45, 2.75) is 0 Å². The molecule has 10 aromatic rings. The van der Waals surface area contributed by atoms with E-state index >= 15 is 0 Å². The fourth-order valence-electron chi connectivity index (χ4n) is 7.20. The fourth-order valence-corrected chi connectivity index (χ4v) is 7.20. The van der Waals surface area contributed by atoms with Crippen LogP contribution in [0.1, 0.15) is 6.85 Å². The third-order valence-corrected chi connectivity index (χ3v) is 9.46. The quantitative estimate of drug-likeness (QED) is 0.194. The first-order chi connectivity index (χ1) is 26.4. The molecule has 0 radical (unpaired) electrons. The van der Waals surface area contributed by atoms with Crippen LogP contribution in [0.4, 0.5) is 0 Å². The lowest BCUT2D eigenvalue weighted by molar-refractivity contribution is 1.19. The molecule has 10 rings (SSSR count). The molecular formula is C46H29N3. The molecule has 49 heavy (non-hydrogen) atoms. The highest BCUT2D eigenvalue weighted by atomic mass is 15.0. The zero-order valence-corrected chi connectivity index (χ0v) is 26.2. The highest BCUT2D eigenvalue weighted by Crippen LogP contribution is 2.40. The summed E-state index contributed by atoms with van der Waals surface area (Å²) in [5.74, 6) is 0.524. The van der Waals surface area contributed by atoms with Gasteiger partial charge in [0.1, 0.15) is 0 Å². The van der Waals surface area contributed by atoms with Crippen LogP contribution in [0.15, 0.2) is 176 Å². The van der Waals surface area contributed by atoms with Gasteiger partial charge in [0.25, 0.3) is 0 Å². The van der Waals surface area contributed by atoms with Crippen molar-refractivity contribution in [3.63, 3.8) is 0 Å². The average molecular weight is 629 g/mol. The van der Waals surface area contributed by atoms with Crippen molar-refractivity contribution in [1.29, 1.82) is 0 Å². The minimum atomic E-state index is -0.421. The summed E-state index contributed by atoms with van der Waals surface area (Å²) in [5.41, 5.74) is 7.03. The lowest BCUT2D eigenvalue weighted by Crippen LogP contribution is -1.99. The van der Waals surface area contributed by atoms with E-state index in [1.807, 2.05) is 42.5 Å². The summed E-state index contributed by atoms with van der Waals surface area (Å²) in [6, 6.07) is 47.9. The Morgan fingerprint density at radius 3 is 2.00 bits per heavy atom. The molecule has 3 nitrogen and oxygen atoms in total. The molecule has 0 bridgehead atoms. The average Bonchev–Trinajstić information content (AvgIpc) is 3.53. The first kappa shape index (κ1) is 22.9. The number of rotatable bonds is 4. The predicted molar refractivity (Wildman–Crippen MR) is 205 cm³/mol. The zero-order valence-electron chi connectivity index (χ0n) is 31.2. The van der Waals surface area contributed by atoms with Crippen LogP contribution in [-0.4, -0.2) is 14.5 Å². The molecule has 0 unspecified atom stereocenters. The van der Waals surface area contributed by atoms with Gasteiger partial charge in [0.2, 0.25) is 0 Å². The molecular weight excluding hydrogens is 595 g/mol. The van der Waals surface area contributed by atoms with Gasteiger partial charge in [-0.1, -0.05) is 133 Å². The first-order valence-corrected chi connectivity index (χ1v) is 16.3. The lowest BCUT2D eigenvalue weighted by Gasteiger charge is -2.16. The Morgan fingerprint density at radius 2 is 1.16 bits per heavy atom. The second kappa shape index (κ2) is 11.0. The standard InChI is InChI=1S/C46H29N3/c1-3-13-30(14-4-1)34-23-24-39-41(28-34)47-46(48-45(39)31-15-5-2-6-16-31)38-25-26-43(36-20-10-9-19-35(36)38)49-42-22-12-11-21-37(42)40-27-32-17-7-8-18-33(32)29-44(40)49/h1-29H/i1D,3D,4D,13D,14D. The summed E-state index contributed by atoms with van der Waals surface area (Å²) < 4.78 is 44.3. The van der Waals surface area contributed by atoms with Crippen molar-refractivity contribution in [1.82, 2.24) is 14.5 Å². The SMILES string of the molecule is [2H]c1c([2H])c([2H])c(-c2ccc3c(-c4ccccc4)nc(-c4ccc(-n5c6ccccc6c6cc7ccccc7cc65)c5ccccc45)nc3c2)c([2H])c1[2H]. The third-order valence-electron chi connectivity index (χ3n) is 9.46. The second-order valence-electron chi connectivity index (χ2n) is 12.2. The fraction of sp³-hybridized carbons (Fsp3) is 0. The number of aromatic nitrogens is 3. The summed E-state index contributed by atoms with van der Waals surface area (Å²) in [5, 5.41) is 7.58. The molecule has 8 aromatic carbocycles. The molecule has 0 aliphatic rings. The van der Waals surface area contributed by atoms with Crippen molar-refractivity contribution in [3.05, 3.63) is 176 Å². The Morgan fingerprint density at radius 1 is 0.449 bits per heavy atom. The van der Waals surface area contributed by atoms with Gasteiger partial charge in [-0.05, 0) is 69.8 Å². The predicted octanol–water partition coefficient (Wildman–Crippen LogP) is 12.0. The Kier molecular flexibility index (Phi) is 5.13. The van der Waals surface area contributed by atoms with Crippen LogP contribution in [0.3, 0.4) is 0 Å². The van der Waals surface area contributed by atoms with Crippen LogP contribution < -0.4 is 0 Å². The maximum atomic E-state index is 8.64. The van der Waals surface area contributed by atoms with E-state index in [2.05, 4.69) is 95.6 Å². The van der Waals surface area contributed by atoms with Crippen LogP contribution in [0.5, 0.6) is 0 Å². The van der Waals surface area contributed by atoms with Crippen molar-refractivity contribution >= 4 is 54.3 Å².